The van der Waals surface area contributed by atoms with E-state index in [0.717, 1.165) is 12.8 Å². The van der Waals surface area contributed by atoms with Crippen LogP contribution in [0, 0.1) is 22.9 Å². The molecule has 2 aromatic carbocycles. The van der Waals surface area contributed by atoms with Crippen molar-refractivity contribution in [3.63, 3.8) is 0 Å². The average Bonchev–Trinajstić information content (AvgIpc) is 3.42. The van der Waals surface area contributed by atoms with Crippen LogP contribution in [0.2, 0.25) is 0 Å². The number of benzene rings is 2. The van der Waals surface area contributed by atoms with Crippen LogP contribution in [0.3, 0.4) is 0 Å². The number of nitrogens with zero attached hydrogens (tertiary/aromatic N) is 5. The number of non-ortho nitro benzene ring substituents is 1. The van der Waals surface area contributed by atoms with Gasteiger partial charge in [0.25, 0.3) is 11.6 Å². The van der Waals surface area contributed by atoms with Gasteiger partial charge < -0.3 is 9.64 Å². The standard InChI is InChI=1S/C22H22FN5O4/c1-15-21(24-25-27(15)18-7-3-8-19(12-18)28(30)31)22(29)26(14-20-9-4-10-32-20)13-16-5-2-6-17(23)11-16/h2-3,5-8,11-12,20H,4,9-10,13-14H2,1H3. The zero-order valence-corrected chi connectivity index (χ0v) is 17.5. The summed E-state index contributed by atoms with van der Waals surface area (Å²) in [6.45, 7) is 2.87. The number of nitro groups is 1. The highest BCUT2D eigenvalue weighted by atomic mass is 19.1. The number of carbonyl (C=O) groups is 1. The van der Waals surface area contributed by atoms with Crippen molar-refractivity contribution in [2.45, 2.75) is 32.4 Å². The largest absolute Gasteiger partial charge is 0.376 e. The van der Waals surface area contributed by atoms with Gasteiger partial charge in [-0.05, 0) is 43.5 Å². The number of carbonyl (C=O) groups excluding carboxylic acids is 1. The first-order valence-corrected chi connectivity index (χ1v) is 10.2. The molecule has 4 rings (SSSR count). The monoisotopic (exact) mass is 439 g/mol. The molecule has 1 aliphatic heterocycles. The van der Waals surface area contributed by atoms with E-state index in [1.807, 2.05) is 0 Å². The van der Waals surface area contributed by atoms with E-state index in [2.05, 4.69) is 10.3 Å². The summed E-state index contributed by atoms with van der Waals surface area (Å²) >= 11 is 0. The molecule has 0 N–H and O–H groups in total. The van der Waals surface area contributed by atoms with Gasteiger partial charge in [-0.2, -0.15) is 0 Å². The molecule has 1 atom stereocenters. The Labute approximate surface area is 183 Å². The van der Waals surface area contributed by atoms with Crippen LogP contribution in [-0.4, -0.2) is 50.0 Å². The second kappa shape index (κ2) is 9.23. The lowest BCUT2D eigenvalue weighted by molar-refractivity contribution is -0.384. The fourth-order valence-corrected chi connectivity index (χ4v) is 3.77. The number of amides is 1. The molecule has 1 fully saturated rings. The summed E-state index contributed by atoms with van der Waals surface area (Å²) in [7, 11) is 0. The topological polar surface area (TPSA) is 103 Å². The van der Waals surface area contributed by atoms with Crippen LogP contribution >= 0.6 is 0 Å². The third-order valence-electron chi connectivity index (χ3n) is 5.38. The zero-order valence-electron chi connectivity index (χ0n) is 17.5. The van der Waals surface area contributed by atoms with Crippen molar-refractivity contribution in [2.24, 2.45) is 0 Å². The highest BCUT2D eigenvalue weighted by Gasteiger charge is 2.27. The number of ether oxygens (including phenoxy) is 1. The lowest BCUT2D eigenvalue weighted by atomic mass is 10.1. The summed E-state index contributed by atoms with van der Waals surface area (Å²) in [6, 6.07) is 12.0. The molecule has 1 amide bonds. The maximum absolute atomic E-state index is 13.7. The van der Waals surface area contributed by atoms with E-state index in [0.29, 0.717) is 30.1 Å². The smallest absolute Gasteiger partial charge is 0.276 e. The minimum Gasteiger partial charge on any atom is -0.376 e. The summed E-state index contributed by atoms with van der Waals surface area (Å²) in [5.41, 5.74) is 1.58. The molecule has 9 nitrogen and oxygen atoms in total. The molecular formula is C22H22FN5O4. The van der Waals surface area contributed by atoms with Gasteiger partial charge in [-0.15, -0.1) is 5.10 Å². The van der Waals surface area contributed by atoms with E-state index in [1.54, 1.807) is 36.1 Å². The minimum absolute atomic E-state index is 0.0867. The van der Waals surface area contributed by atoms with Crippen molar-refractivity contribution in [3.8, 4) is 5.69 Å². The van der Waals surface area contributed by atoms with E-state index in [-0.39, 0.29) is 35.8 Å². The quantitative estimate of drug-likeness (QED) is 0.413. The normalized spacial score (nSPS) is 15.6. The molecule has 1 aromatic heterocycles. The lowest BCUT2D eigenvalue weighted by Gasteiger charge is -2.25. The Morgan fingerprint density at radius 3 is 2.84 bits per heavy atom. The maximum atomic E-state index is 13.7. The van der Waals surface area contributed by atoms with Gasteiger partial charge in [0, 0.05) is 31.8 Å². The third-order valence-corrected chi connectivity index (χ3v) is 5.38. The van der Waals surface area contributed by atoms with Crippen molar-refractivity contribution < 1.29 is 18.8 Å². The maximum Gasteiger partial charge on any atom is 0.276 e. The molecule has 0 spiro atoms. The molecule has 1 unspecified atom stereocenters. The number of aromatic nitrogens is 3. The molecule has 0 saturated carbocycles. The molecule has 1 aliphatic rings. The predicted molar refractivity (Wildman–Crippen MR) is 113 cm³/mol. The minimum atomic E-state index is -0.496. The van der Waals surface area contributed by atoms with E-state index in [1.165, 1.54) is 28.9 Å². The van der Waals surface area contributed by atoms with Crippen LogP contribution in [0.4, 0.5) is 10.1 Å². The van der Waals surface area contributed by atoms with E-state index in [9.17, 15) is 19.3 Å². The number of hydrogen-bond acceptors (Lipinski definition) is 6. The molecule has 2 heterocycles. The molecule has 0 aliphatic carbocycles. The van der Waals surface area contributed by atoms with E-state index >= 15 is 0 Å². The van der Waals surface area contributed by atoms with Gasteiger partial charge in [-0.25, -0.2) is 9.07 Å². The second-order valence-corrected chi connectivity index (χ2v) is 7.66. The summed E-state index contributed by atoms with van der Waals surface area (Å²) in [5.74, 6) is -0.737. The van der Waals surface area contributed by atoms with Gasteiger partial charge in [0.1, 0.15) is 5.82 Å². The van der Waals surface area contributed by atoms with Crippen molar-refractivity contribution in [1.29, 1.82) is 0 Å². The highest BCUT2D eigenvalue weighted by Crippen LogP contribution is 2.21. The summed E-state index contributed by atoms with van der Waals surface area (Å²) in [5, 5.41) is 19.2. The van der Waals surface area contributed by atoms with Gasteiger partial charge in [0.05, 0.1) is 22.4 Å². The van der Waals surface area contributed by atoms with Gasteiger partial charge in [-0.3, -0.25) is 14.9 Å². The van der Waals surface area contributed by atoms with Gasteiger partial charge in [0.15, 0.2) is 5.69 Å². The Bertz CT molecular complexity index is 1140. The first-order valence-electron chi connectivity index (χ1n) is 10.2. The summed E-state index contributed by atoms with van der Waals surface area (Å²) in [6.07, 6.45) is 1.67. The Balaban J connectivity index is 1.63. The van der Waals surface area contributed by atoms with E-state index < -0.39 is 4.92 Å². The molecule has 3 aromatic rings. The molecular weight excluding hydrogens is 417 g/mol. The van der Waals surface area contributed by atoms with Crippen molar-refractivity contribution in [3.05, 3.63) is 81.4 Å². The highest BCUT2D eigenvalue weighted by molar-refractivity contribution is 5.93. The van der Waals surface area contributed by atoms with Crippen molar-refractivity contribution >= 4 is 11.6 Å². The van der Waals surface area contributed by atoms with Crippen LogP contribution in [0.5, 0.6) is 0 Å². The summed E-state index contributed by atoms with van der Waals surface area (Å²) < 4.78 is 20.8. The third kappa shape index (κ3) is 4.65. The number of halogens is 1. The van der Waals surface area contributed by atoms with Crippen LogP contribution in [0.15, 0.2) is 48.5 Å². The predicted octanol–water partition coefficient (Wildman–Crippen LogP) is 3.44. The molecule has 0 radical (unpaired) electrons. The molecule has 166 valence electrons. The Kier molecular flexibility index (Phi) is 6.22. The Morgan fingerprint density at radius 2 is 2.12 bits per heavy atom. The number of rotatable bonds is 7. The van der Waals surface area contributed by atoms with E-state index in [4.69, 9.17) is 4.74 Å². The molecule has 1 saturated heterocycles. The number of nitro benzene ring substituents is 1. The lowest BCUT2D eigenvalue weighted by Crippen LogP contribution is -2.37. The Hall–Kier alpha value is -3.66. The Morgan fingerprint density at radius 1 is 1.31 bits per heavy atom. The van der Waals surface area contributed by atoms with Crippen LogP contribution in [0.1, 0.15) is 34.6 Å². The first-order chi connectivity index (χ1) is 15.4. The van der Waals surface area contributed by atoms with Gasteiger partial charge >= 0.3 is 0 Å². The van der Waals surface area contributed by atoms with Gasteiger partial charge in [-0.1, -0.05) is 23.4 Å². The molecule has 32 heavy (non-hydrogen) atoms. The average molecular weight is 439 g/mol. The number of hydrogen-bond donors (Lipinski definition) is 0. The summed E-state index contributed by atoms with van der Waals surface area (Å²) in [4.78, 5) is 25.6. The van der Waals surface area contributed by atoms with Gasteiger partial charge in [0.2, 0.25) is 0 Å². The fourth-order valence-electron chi connectivity index (χ4n) is 3.77. The molecule has 0 bridgehead atoms. The van der Waals surface area contributed by atoms with Crippen LogP contribution in [0.25, 0.3) is 5.69 Å². The van der Waals surface area contributed by atoms with Crippen LogP contribution in [-0.2, 0) is 11.3 Å². The van der Waals surface area contributed by atoms with Crippen LogP contribution < -0.4 is 0 Å². The molecule has 10 heteroatoms. The SMILES string of the molecule is Cc1c(C(=O)N(Cc2cccc(F)c2)CC2CCCO2)nnn1-c1cccc([N+](=O)[O-])c1. The van der Waals surface area contributed by atoms with Crippen molar-refractivity contribution in [1.82, 2.24) is 19.9 Å². The second-order valence-electron chi connectivity index (χ2n) is 7.66. The van der Waals surface area contributed by atoms with Crippen molar-refractivity contribution in [2.75, 3.05) is 13.2 Å². The first kappa shape index (κ1) is 21.6. The zero-order chi connectivity index (χ0) is 22.7. The fraction of sp³-hybridized carbons (Fsp3) is 0.318.